The SMILES string of the molecule is CC1CC(C)C(C2CCCCCN2C(=O)OC(C)(C)C)C(O)C1. The smallest absolute Gasteiger partial charge is 0.410 e. The number of hydrogen-bond donors (Lipinski definition) is 1. The van der Waals surface area contributed by atoms with Crippen molar-refractivity contribution in [1.29, 1.82) is 0 Å². The standard InChI is InChI=1S/C19H35NO3/c1-13-11-14(2)17(16(21)12-13)15-9-7-6-8-10-20(15)18(22)23-19(3,4)5/h13-17,21H,6-12H2,1-5H3. The van der Waals surface area contributed by atoms with Crippen molar-refractivity contribution in [2.24, 2.45) is 17.8 Å². The van der Waals surface area contributed by atoms with Gasteiger partial charge in [-0.2, -0.15) is 0 Å². The molecule has 2 rings (SSSR count). The molecule has 134 valence electrons. The fourth-order valence-electron chi connectivity index (χ4n) is 4.55. The van der Waals surface area contributed by atoms with Gasteiger partial charge in [-0.05, 0) is 58.3 Å². The highest BCUT2D eigenvalue weighted by Crippen LogP contribution is 2.40. The van der Waals surface area contributed by atoms with Crippen LogP contribution in [0.1, 0.15) is 73.1 Å². The molecule has 0 spiro atoms. The molecule has 1 aliphatic heterocycles. The second-order valence-corrected chi connectivity index (χ2v) is 8.79. The highest BCUT2D eigenvalue weighted by Gasteiger charge is 2.42. The van der Waals surface area contributed by atoms with Gasteiger partial charge in [0.2, 0.25) is 0 Å². The van der Waals surface area contributed by atoms with Crippen LogP contribution < -0.4 is 0 Å². The van der Waals surface area contributed by atoms with Crippen LogP contribution in [0.3, 0.4) is 0 Å². The second-order valence-electron chi connectivity index (χ2n) is 8.79. The van der Waals surface area contributed by atoms with Gasteiger partial charge in [-0.15, -0.1) is 0 Å². The predicted octanol–water partition coefficient (Wildman–Crippen LogP) is 4.21. The lowest BCUT2D eigenvalue weighted by molar-refractivity contribution is -0.0429. The van der Waals surface area contributed by atoms with Crippen LogP contribution in [0.5, 0.6) is 0 Å². The Bertz CT molecular complexity index is 392. The highest BCUT2D eigenvalue weighted by atomic mass is 16.6. The zero-order valence-electron chi connectivity index (χ0n) is 15.5. The first-order chi connectivity index (χ1) is 10.7. The van der Waals surface area contributed by atoms with Gasteiger partial charge < -0.3 is 14.7 Å². The Kier molecular flexibility index (Phi) is 5.99. The third-order valence-electron chi connectivity index (χ3n) is 5.39. The number of ether oxygens (including phenoxy) is 1. The van der Waals surface area contributed by atoms with Crippen molar-refractivity contribution in [2.45, 2.75) is 90.9 Å². The molecule has 5 atom stereocenters. The van der Waals surface area contributed by atoms with Crippen molar-refractivity contribution >= 4 is 6.09 Å². The molecule has 1 saturated carbocycles. The summed E-state index contributed by atoms with van der Waals surface area (Å²) >= 11 is 0. The van der Waals surface area contributed by atoms with Crippen LogP contribution in [0.15, 0.2) is 0 Å². The van der Waals surface area contributed by atoms with E-state index in [2.05, 4.69) is 13.8 Å². The van der Waals surface area contributed by atoms with Gasteiger partial charge in [0, 0.05) is 18.5 Å². The van der Waals surface area contributed by atoms with E-state index in [4.69, 9.17) is 4.74 Å². The number of aliphatic hydroxyl groups is 1. The van der Waals surface area contributed by atoms with E-state index in [9.17, 15) is 9.90 Å². The molecular formula is C19H35NO3. The van der Waals surface area contributed by atoms with E-state index in [0.717, 1.165) is 45.1 Å². The number of hydrogen-bond acceptors (Lipinski definition) is 3. The summed E-state index contributed by atoms with van der Waals surface area (Å²) in [6, 6.07) is 0.116. The number of amides is 1. The normalized spacial score (nSPS) is 36.4. The van der Waals surface area contributed by atoms with Crippen molar-refractivity contribution in [1.82, 2.24) is 4.90 Å². The minimum absolute atomic E-state index is 0.116. The van der Waals surface area contributed by atoms with Crippen molar-refractivity contribution < 1.29 is 14.6 Å². The third-order valence-corrected chi connectivity index (χ3v) is 5.39. The van der Waals surface area contributed by atoms with Gasteiger partial charge in [-0.25, -0.2) is 4.79 Å². The molecule has 1 heterocycles. The third kappa shape index (κ3) is 4.85. The molecule has 2 fully saturated rings. The maximum atomic E-state index is 12.7. The lowest BCUT2D eigenvalue weighted by Crippen LogP contribution is -2.52. The molecule has 0 bridgehead atoms. The van der Waals surface area contributed by atoms with E-state index in [1.807, 2.05) is 25.7 Å². The molecule has 0 radical (unpaired) electrons. The number of rotatable bonds is 1. The van der Waals surface area contributed by atoms with Crippen LogP contribution in [-0.4, -0.2) is 40.4 Å². The summed E-state index contributed by atoms with van der Waals surface area (Å²) in [6.45, 7) is 11.0. The zero-order valence-corrected chi connectivity index (χ0v) is 15.5. The van der Waals surface area contributed by atoms with Gasteiger partial charge in [-0.3, -0.25) is 0 Å². The molecule has 1 saturated heterocycles. The topological polar surface area (TPSA) is 49.8 Å². The van der Waals surface area contributed by atoms with Crippen LogP contribution >= 0.6 is 0 Å². The molecule has 1 amide bonds. The number of carbonyl (C=O) groups excluding carboxylic acids is 1. The van der Waals surface area contributed by atoms with Gasteiger partial charge >= 0.3 is 6.09 Å². The summed E-state index contributed by atoms with van der Waals surface area (Å²) in [5, 5.41) is 10.7. The van der Waals surface area contributed by atoms with E-state index in [-0.39, 0.29) is 24.2 Å². The molecule has 0 aromatic carbocycles. The van der Waals surface area contributed by atoms with Gasteiger partial charge in [0.1, 0.15) is 5.60 Å². The Hall–Kier alpha value is -0.770. The maximum absolute atomic E-state index is 12.7. The summed E-state index contributed by atoms with van der Waals surface area (Å²) in [5.74, 6) is 1.19. The summed E-state index contributed by atoms with van der Waals surface area (Å²) < 4.78 is 5.65. The van der Waals surface area contributed by atoms with Gasteiger partial charge in [0.25, 0.3) is 0 Å². The van der Waals surface area contributed by atoms with Gasteiger partial charge in [0.05, 0.1) is 6.10 Å². The fraction of sp³-hybridized carbons (Fsp3) is 0.947. The van der Waals surface area contributed by atoms with E-state index >= 15 is 0 Å². The highest BCUT2D eigenvalue weighted by molar-refractivity contribution is 5.68. The number of likely N-dealkylation sites (tertiary alicyclic amines) is 1. The molecule has 1 N–H and O–H groups in total. The summed E-state index contributed by atoms with van der Waals surface area (Å²) in [5.41, 5.74) is -0.473. The molecular weight excluding hydrogens is 290 g/mol. The molecule has 4 nitrogen and oxygen atoms in total. The van der Waals surface area contributed by atoms with Crippen molar-refractivity contribution in [2.75, 3.05) is 6.54 Å². The molecule has 4 heteroatoms. The summed E-state index contributed by atoms with van der Waals surface area (Å²) in [4.78, 5) is 14.6. The quantitative estimate of drug-likeness (QED) is 0.785. The molecule has 0 aromatic rings. The minimum Gasteiger partial charge on any atom is -0.444 e. The van der Waals surface area contributed by atoms with Gasteiger partial charge in [0.15, 0.2) is 0 Å². The summed E-state index contributed by atoms with van der Waals surface area (Å²) in [6.07, 6.45) is 5.79. The van der Waals surface area contributed by atoms with Crippen LogP contribution in [0.2, 0.25) is 0 Å². The summed E-state index contributed by atoms with van der Waals surface area (Å²) in [7, 11) is 0. The fourth-order valence-corrected chi connectivity index (χ4v) is 4.55. The first kappa shape index (κ1) is 18.6. The average molecular weight is 325 g/mol. The molecule has 23 heavy (non-hydrogen) atoms. The van der Waals surface area contributed by atoms with E-state index in [1.54, 1.807) is 0 Å². The largest absolute Gasteiger partial charge is 0.444 e. The van der Waals surface area contributed by atoms with Gasteiger partial charge in [-0.1, -0.05) is 26.7 Å². The molecule has 2 aliphatic rings. The first-order valence-corrected chi connectivity index (χ1v) is 9.36. The molecule has 1 aliphatic carbocycles. The van der Waals surface area contributed by atoms with E-state index < -0.39 is 5.60 Å². The Morgan fingerprint density at radius 3 is 2.43 bits per heavy atom. The second kappa shape index (κ2) is 7.42. The number of aliphatic hydroxyl groups excluding tert-OH is 1. The van der Waals surface area contributed by atoms with Crippen LogP contribution in [0.4, 0.5) is 4.79 Å². The Labute approximate surface area is 141 Å². The average Bonchev–Trinajstić information content (AvgIpc) is 2.61. The Morgan fingerprint density at radius 2 is 1.83 bits per heavy atom. The maximum Gasteiger partial charge on any atom is 0.410 e. The number of nitrogens with zero attached hydrogens (tertiary/aromatic N) is 1. The predicted molar refractivity (Wildman–Crippen MR) is 92.3 cm³/mol. The lowest BCUT2D eigenvalue weighted by Gasteiger charge is -2.45. The monoisotopic (exact) mass is 325 g/mol. The van der Waals surface area contributed by atoms with E-state index in [0.29, 0.717) is 11.8 Å². The van der Waals surface area contributed by atoms with Crippen molar-refractivity contribution in [3.05, 3.63) is 0 Å². The van der Waals surface area contributed by atoms with Crippen molar-refractivity contribution in [3.8, 4) is 0 Å². The minimum atomic E-state index is -0.473. The Morgan fingerprint density at radius 1 is 1.13 bits per heavy atom. The zero-order chi connectivity index (χ0) is 17.2. The molecule has 0 aromatic heterocycles. The number of carbonyl (C=O) groups is 1. The van der Waals surface area contributed by atoms with Crippen LogP contribution in [0, 0.1) is 17.8 Å². The lowest BCUT2D eigenvalue weighted by atomic mass is 9.69. The van der Waals surface area contributed by atoms with E-state index in [1.165, 1.54) is 0 Å². The Balaban J connectivity index is 2.19. The first-order valence-electron chi connectivity index (χ1n) is 9.36. The van der Waals surface area contributed by atoms with Crippen LogP contribution in [-0.2, 0) is 4.74 Å². The van der Waals surface area contributed by atoms with Crippen molar-refractivity contribution in [3.63, 3.8) is 0 Å². The van der Waals surface area contributed by atoms with Crippen LogP contribution in [0.25, 0.3) is 0 Å². The molecule has 5 unspecified atom stereocenters.